The molecule has 0 saturated carbocycles. The summed E-state index contributed by atoms with van der Waals surface area (Å²) < 4.78 is 50.2. The number of nitrogens with two attached hydrogens (primary N) is 2. The number of halogens is 1. The van der Waals surface area contributed by atoms with Crippen molar-refractivity contribution in [2.45, 2.75) is 56.9 Å². The summed E-state index contributed by atoms with van der Waals surface area (Å²) in [6, 6.07) is 23.9. The van der Waals surface area contributed by atoms with Gasteiger partial charge < -0.3 is 10.6 Å². The van der Waals surface area contributed by atoms with Crippen molar-refractivity contribution in [1.82, 2.24) is 24.7 Å². The molecule has 0 amide bonds. The van der Waals surface area contributed by atoms with Crippen LogP contribution in [0.5, 0.6) is 0 Å². The Kier molecular flexibility index (Phi) is 18.0. The van der Waals surface area contributed by atoms with Gasteiger partial charge in [0.1, 0.15) is 19.8 Å². The van der Waals surface area contributed by atoms with E-state index in [-0.39, 0.29) is 15.3 Å². The van der Waals surface area contributed by atoms with E-state index < -0.39 is 20.0 Å². The predicted molar refractivity (Wildman–Crippen MR) is 238 cm³/mol. The second kappa shape index (κ2) is 21.9. The highest BCUT2D eigenvalue weighted by molar-refractivity contribution is 7.91. The van der Waals surface area contributed by atoms with Crippen molar-refractivity contribution in [2.75, 3.05) is 36.8 Å². The van der Waals surface area contributed by atoms with E-state index in [0.29, 0.717) is 56.6 Å². The number of hydrogen-bond donors (Lipinski definition) is 4. The molecule has 14 nitrogen and oxygen atoms in total. The fourth-order valence-corrected chi connectivity index (χ4v) is 9.87. The van der Waals surface area contributed by atoms with Crippen molar-refractivity contribution < 1.29 is 16.8 Å². The summed E-state index contributed by atoms with van der Waals surface area (Å²) in [7, 11) is -7.24. The summed E-state index contributed by atoms with van der Waals surface area (Å²) in [6.07, 6.45) is 0. The molecule has 6 N–H and O–H groups in total. The summed E-state index contributed by atoms with van der Waals surface area (Å²) in [5.41, 5.74) is 11.4. The van der Waals surface area contributed by atoms with E-state index in [4.69, 9.17) is 22.5 Å². The average Bonchev–Trinajstić information content (AvgIpc) is 3.93. The molecule has 5 heterocycles. The van der Waals surface area contributed by atoms with Crippen LogP contribution in [0.3, 0.4) is 0 Å². The van der Waals surface area contributed by atoms with Crippen LogP contribution in [0.15, 0.2) is 103 Å². The number of benzene rings is 2. The highest BCUT2D eigenvalue weighted by atomic mass is 35.5. The smallest absolute Gasteiger partial charge is 0.264 e. The van der Waals surface area contributed by atoms with Gasteiger partial charge in [0.05, 0.1) is 9.75 Å². The highest BCUT2D eigenvalue weighted by Gasteiger charge is 2.30. The van der Waals surface area contributed by atoms with Crippen LogP contribution in [0, 0.1) is 20.8 Å². The molecular formula is C39H49ClN8O6S4. The minimum Gasteiger partial charge on any atom is -0.398 e. The van der Waals surface area contributed by atoms with Crippen molar-refractivity contribution in [1.29, 1.82) is 0 Å². The molecule has 1 aliphatic rings. The Morgan fingerprint density at radius 3 is 1.60 bits per heavy atom. The van der Waals surface area contributed by atoms with Gasteiger partial charge in [-0.15, -0.1) is 22.7 Å². The minimum atomic E-state index is -3.68. The van der Waals surface area contributed by atoms with E-state index in [9.17, 15) is 26.4 Å². The van der Waals surface area contributed by atoms with Gasteiger partial charge >= 0.3 is 0 Å². The number of piperazine rings is 1. The number of aryl methyl sites for hydroxylation is 3. The number of primary sulfonamides is 1. The van der Waals surface area contributed by atoms with Crippen molar-refractivity contribution in [3.05, 3.63) is 127 Å². The van der Waals surface area contributed by atoms with Crippen LogP contribution < -0.4 is 26.9 Å². The molecule has 0 atom stereocenters. The van der Waals surface area contributed by atoms with Gasteiger partial charge in [0.25, 0.3) is 21.1 Å². The largest absolute Gasteiger partial charge is 0.398 e. The number of H-pyrrole nitrogens is 2. The van der Waals surface area contributed by atoms with Crippen molar-refractivity contribution in [2.24, 2.45) is 5.14 Å². The van der Waals surface area contributed by atoms with E-state index in [1.54, 1.807) is 34.6 Å². The van der Waals surface area contributed by atoms with Crippen LogP contribution in [0.4, 0.5) is 11.4 Å². The maximum absolute atomic E-state index is 13.1. The van der Waals surface area contributed by atoms with Crippen LogP contribution in [-0.4, -0.2) is 67.7 Å². The molecule has 2 aromatic carbocycles. The zero-order valence-corrected chi connectivity index (χ0v) is 37.3. The van der Waals surface area contributed by atoms with E-state index in [1.165, 1.54) is 52.4 Å². The van der Waals surface area contributed by atoms with Gasteiger partial charge in [0, 0.05) is 54.7 Å². The third kappa shape index (κ3) is 13.2. The first-order valence-electron chi connectivity index (χ1n) is 18.2. The quantitative estimate of drug-likeness (QED) is 0.125. The van der Waals surface area contributed by atoms with Crippen LogP contribution in [0.1, 0.15) is 44.4 Å². The summed E-state index contributed by atoms with van der Waals surface area (Å²) in [6.45, 7) is 16.3. The van der Waals surface area contributed by atoms with E-state index in [0.717, 1.165) is 22.6 Å². The molecule has 7 rings (SSSR count). The van der Waals surface area contributed by atoms with Crippen molar-refractivity contribution in [3.8, 4) is 21.1 Å². The van der Waals surface area contributed by atoms with Gasteiger partial charge in [-0.3, -0.25) is 9.59 Å². The number of nitrogens with one attached hydrogen (secondary N) is 2. The van der Waals surface area contributed by atoms with Crippen molar-refractivity contribution >= 4 is 65.7 Å². The molecule has 0 unspecified atom stereocenters. The van der Waals surface area contributed by atoms with E-state index >= 15 is 0 Å². The molecule has 58 heavy (non-hydrogen) atoms. The van der Waals surface area contributed by atoms with Gasteiger partial charge in [-0.05, 0) is 92.1 Å². The van der Waals surface area contributed by atoms with Crippen LogP contribution in [-0.2, 0) is 20.0 Å². The molecule has 4 aromatic heterocycles. The van der Waals surface area contributed by atoms with Crippen LogP contribution >= 0.6 is 34.3 Å². The van der Waals surface area contributed by atoms with Crippen molar-refractivity contribution in [3.63, 3.8) is 0 Å². The molecule has 0 aliphatic carbocycles. The number of thiophene rings is 2. The number of hydrogen-bond acceptors (Lipinski definition) is 12. The Hall–Kier alpha value is -4.69. The molecule has 1 aliphatic heterocycles. The fraction of sp³-hybridized carbons (Fsp3) is 0.282. The lowest BCUT2D eigenvalue weighted by atomic mass is 10.1. The summed E-state index contributed by atoms with van der Waals surface area (Å²) in [4.78, 5) is 25.5. The molecule has 19 heteroatoms. The van der Waals surface area contributed by atoms with E-state index in [1.807, 2.05) is 46.8 Å². The highest BCUT2D eigenvalue weighted by Crippen LogP contribution is 2.32. The maximum atomic E-state index is 13.1. The van der Waals surface area contributed by atoms with Gasteiger partial charge in [-0.25, -0.2) is 32.2 Å². The molecule has 6 aromatic rings. The minimum absolute atomic E-state index is 0.0653. The zero-order valence-electron chi connectivity index (χ0n) is 33.3. The monoisotopic (exact) mass is 888 g/mol. The van der Waals surface area contributed by atoms with Gasteiger partial charge in [0.2, 0.25) is 10.0 Å². The lowest BCUT2D eigenvalue weighted by Crippen LogP contribution is -2.48. The Balaban J connectivity index is 0.000000259. The summed E-state index contributed by atoms with van der Waals surface area (Å²) >= 11 is 7.80. The molecule has 0 bridgehead atoms. The lowest BCUT2D eigenvalue weighted by molar-refractivity contribution is 0.385. The number of aromatic amines is 2. The molecule has 312 valence electrons. The molecular weight excluding hydrogens is 840 g/mol. The first-order chi connectivity index (χ1) is 27.5. The average molecular weight is 890 g/mol. The number of nitrogens with zero attached hydrogens (tertiary/aromatic N) is 4. The molecule has 0 radical (unpaired) electrons. The molecule has 1 saturated heterocycles. The topological polar surface area (TPSA) is 218 Å². The second-order valence-corrected chi connectivity index (χ2v) is 18.6. The van der Waals surface area contributed by atoms with Gasteiger partial charge in [0.15, 0.2) is 0 Å². The molecule has 0 spiro atoms. The van der Waals surface area contributed by atoms with Gasteiger partial charge in [-0.2, -0.15) is 14.5 Å². The number of aromatic nitrogens is 4. The zero-order chi connectivity index (χ0) is 43.2. The Morgan fingerprint density at radius 1 is 0.655 bits per heavy atom. The van der Waals surface area contributed by atoms with E-state index in [2.05, 4.69) is 57.3 Å². The normalized spacial score (nSPS) is 12.7. The number of sulfonamides is 2. The Labute approximate surface area is 352 Å². The standard InChI is InChI=1S/C20H22N4O3S2.C8H7N3O3S2.C7H8ClN.2C2H6/c1-14-3-4-15(2)17(13-14)23-9-11-24(12-10-23)29(26,27)20-8-6-18(28-20)16-5-7-19(25)22-21-16;9-16(13,14)8-4-2-6(15-8)5-1-3-7(12)11-10-5;1-5-2-3-6(8)4-7(5)9;2*1-2/h3-8,13H,9-12H2,1-2H3,(H,22,25);1-4H,(H,11,12)(H2,9,13,14);2-4H,9H2,1H3;2*1-2H3. The lowest BCUT2D eigenvalue weighted by Gasteiger charge is -2.36. The fourth-order valence-electron chi connectivity index (χ4n) is 5.14. The summed E-state index contributed by atoms with van der Waals surface area (Å²) in [5.74, 6) is 0. The Bertz CT molecular complexity index is 2560. The third-order valence-corrected chi connectivity index (χ3v) is 14.3. The third-order valence-electron chi connectivity index (χ3n) is 8.09. The maximum Gasteiger partial charge on any atom is 0.264 e. The van der Waals surface area contributed by atoms with Crippen LogP contribution in [0.2, 0.25) is 5.02 Å². The SMILES string of the molecule is CC.CC.Cc1ccc(C)c(N2CCN(S(=O)(=O)c3ccc(-c4ccc(=O)[nH]n4)s3)CC2)c1.Cc1ccc(Cl)cc1N.NS(=O)(=O)c1ccc(-c2ccc(=O)[nH]n2)s1. The number of anilines is 2. The second-order valence-electron chi connectivity index (χ2n) is 12.1. The number of nitrogen functional groups attached to an aromatic ring is 1. The van der Waals surface area contributed by atoms with Crippen LogP contribution in [0.25, 0.3) is 21.1 Å². The van der Waals surface area contributed by atoms with Gasteiger partial charge in [-0.1, -0.05) is 57.5 Å². The first-order valence-corrected chi connectivity index (χ1v) is 23.2. The predicted octanol–water partition coefficient (Wildman–Crippen LogP) is 7.05. The Morgan fingerprint density at radius 2 is 1.16 bits per heavy atom. The molecule has 1 fully saturated rings. The summed E-state index contributed by atoms with van der Waals surface area (Å²) in [5, 5.41) is 18.1. The number of rotatable bonds is 6. The first kappa shape index (κ1) is 47.7.